The van der Waals surface area contributed by atoms with Crippen molar-refractivity contribution < 1.29 is 18.0 Å². The maximum Gasteiger partial charge on any atom is 0.434 e. The Morgan fingerprint density at radius 1 is 1.33 bits per heavy atom. The van der Waals surface area contributed by atoms with Gasteiger partial charge in [-0.3, -0.25) is 4.79 Å². The number of aromatic nitrogens is 2. The molecule has 3 nitrogen and oxygen atoms in total. The molecule has 1 aromatic heterocycles. The summed E-state index contributed by atoms with van der Waals surface area (Å²) in [6.07, 6.45) is -4.29. The molecule has 0 bridgehead atoms. The van der Waals surface area contributed by atoms with Gasteiger partial charge in [-0.05, 0) is 18.6 Å². The summed E-state index contributed by atoms with van der Waals surface area (Å²) in [7, 11) is 0. The summed E-state index contributed by atoms with van der Waals surface area (Å²) >= 11 is 4.57. The number of fused-ring (bicyclic) bond motifs is 1. The van der Waals surface area contributed by atoms with Gasteiger partial charge in [0, 0.05) is 12.1 Å². The molecule has 0 unspecified atom stereocenters. The fourth-order valence-electron chi connectivity index (χ4n) is 1.58. The van der Waals surface area contributed by atoms with Gasteiger partial charge in [-0.2, -0.15) is 13.2 Å². The van der Waals surface area contributed by atoms with Crippen LogP contribution >= 0.6 is 12.2 Å². The molecular formula is C8H5F3N2OS. The highest BCUT2D eigenvalue weighted by molar-refractivity contribution is 7.71. The van der Waals surface area contributed by atoms with Crippen molar-refractivity contribution in [2.24, 2.45) is 0 Å². The number of hydrogen-bond acceptors (Lipinski definition) is 3. The van der Waals surface area contributed by atoms with Crippen molar-refractivity contribution in [2.75, 3.05) is 0 Å². The van der Waals surface area contributed by atoms with Gasteiger partial charge in [0.25, 0.3) is 0 Å². The number of carbonyl (C=O) groups is 1. The number of H-pyrrole nitrogens is 1. The molecule has 1 aliphatic carbocycles. The quantitative estimate of drug-likeness (QED) is 0.700. The van der Waals surface area contributed by atoms with E-state index in [-0.39, 0.29) is 28.9 Å². The van der Waals surface area contributed by atoms with E-state index in [0.29, 0.717) is 0 Å². The first kappa shape index (κ1) is 10.3. The molecule has 1 heterocycles. The first-order valence-corrected chi connectivity index (χ1v) is 4.54. The molecule has 0 atom stereocenters. The van der Waals surface area contributed by atoms with Gasteiger partial charge in [-0.15, -0.1) is 0 Å². The molecule has 1 aliphatic rings. The zero-order chi connectivity index (χ0) is 11.2. The molecule has 0 amide bonds. The van der Waals surface area contributed by atoms with Gasteiger partial charge in [0.1, 0.15) is 0 Å². The van der Waals surface area contributed by atoms with Crippen molar-refractivity contribution in [2.45, 2.75) is 19.0 Å². The molecule has 0 saturated heterocycles. The van der Waals surface area contributed by atoms with Gasteiger partial charge >= 0.3 is 6.18 Å². The second kappa shape index (κ2) is 3.13. The topological polar surface area (TPSA) is 45.8 Å². The summed E-state index contributed by atoms with van der Waals surface area (Å²) in [4.78, 5) is 16.9. The van der Waals surface area contributed by atoms with Crippen LogP contribution in [0.1, 0.15) is 28.2 Å². The highest BCUT2D eigenvalue weighted by atomic mass is 32.1. The van der Waals surface area contributed by atoms with Crippen molar-refractivity contribution in [1.29, 1.82) is 0 Å². The molecule has 0 aromatic carbocycles. The van der Waals surface area contributed by atoms with Crippen LogP contribution in [0, 0.1) is 4.77 Å². The number of rotatable bonds is 0. The van der Waals surface area contributed by atoms with Crippen LogP contribution < -0.4 is 0 Å². The highest BCUT2D eigenvalue weighted by Crippen LogP contribution is 2.34. The maximum atomic E-state index is 12.5. The first-order chi connectivity index (χ1) is 6.89. The SMILES string of the molecule is O=C1CCc2[nH]c(=S)nc(C(F)(F)F)c21. The Hall–Kier alpha value is -1.24. The van der Waals surface area contributed by atoms with E-state index >= 15 is 0 Å². The van der Waals surface area contributed by atoms with E-state index in [1.165, 1.54) is 0 Å². The number of aryl methyl sites for hydroxylation is 1. The van der Waals surface area contributed by atoms with E-state index in [1.54, 1.807) is 0 Å². The van der Waals surface area contributed by atoms with Crippen LogP contribution in [0.4, 0.5) is 13.2 Å². The van der Waals surface area contributed by atoms with Crippen LogP contribution in [0.3, 0.4) is 0 Å². The van der Waals surface area contributed by atoms with Gasteiger partial charge in [-0.25, -0.2) is 4.98 Å². The van der Waals surface area contributed by atoms with E-state index in [9.17, 15) is 18.0 Å². The minimum absolute atomic E-state index is 0.0787. The second-order valence-electron chi connectivity index (χ2n) is 3.17. The van der Waals surface area contributed by atoms with Gasteiger partial charge in [0.15, 0.2) is 16.2 Å². The van der Waals surface area contributed by atoms with Gasteiger partial charge in [-0.1, -0.05) is 0 Å². The van der Waals surface area contributed by atoms with Crippen molar-refractivity contribution in [3.05, 3.63) is 21.7 Å². The van der Waals surface area contributed by atoms with Crippen molar-refractivity contribution in [1.82, 2.24) is 9.97 Å². The molecule has 0 spiro atoms. The number of alkyl halides is 3. The standard InChI is InChI=1S/C8H5F3N2OS/c9-8(10,11)6-5-3(1-2-4(5)14)12-7(15)13-6/h1-2H2,(H,12,13,15). The Balaban J connectivity index is 2.75. The van der Waals surface area contributed by atoms with Crippen LogP contribution in [-0.2, 0) is 12.6 Å². The molecular weight excluding hydrogens is 229 g/mol. The zero-order valence-electron chi connectivity index (χ0n) is 7.31. The van der Waals surface area contributed by atoms with E-state index in [0.717, 1.165) is 0 Å². The normalized spacial score (nSPS) is 15.5. The van der Waals surface area contributed by atoms with E-state index in [2.05, 4.69) is 22.2 Å². The Labute approximate surface area is 87.3 Å². The smallest absolute Gasteiger partial charge is 0.334 e. The third-order valence-electron chi connectivity index (χ3n) is 2.16. The molecule has 0 saturated carbocycles. The summed E-state index contributed by atoms with van der Waals surface area (Å²) in [6, 6.07) is 0. The van der Waals surface area contributed by atoms with Crippen LogP contribution in [-0.4, -0.2) is 15.8 Å². The van der Waals surface area contributed by atoms with Gasteiger partial charge < -0.3 is 4.98 Å². The molecule has 1 N–H and O–H groups in total. The molecule has 0 aliphatic heterocycles. The van der Waals surface area contributed by atoms with Crippen LogP contribution in [0.25, 0.3) is 0 Å². The third kappa shape index (κ3) is 1.67. The molecule has 80 valence electrons. The molecule has 0 fully saturated rings. The number of ketones is 1. The van der Waals surface area contributed by atoms with Crippen molar-refractivity contribution in [3.63, 3.8) is 0 Å². The lowest BCUT2D eigenvalue weighted by molar-refractivity contribution is -0.141. The molecule has 0 radical (unpaired) electrons. The fourth-order valence-corrected chi connectivity index (χ4v) is 1.79. The lowest BCUT2D eigenvalue weighted by atomic mass is 10.1. The average molecular weight is 234 g/mol. The Kier molecular flexibility index (Phi) is 2.14. The van der Waals surface area contributed by atoms with Crippen LogP contribution in [0.15, 0.2) is 0 Å². The van der Waals surface area contributed by atoms with Crippen LogP contribution in [0.5, 0.6) is 0 Å². The van der Waals surface area contributed by atoms with Crippen LogP contribution in [0.2, 0.25) is 0 Å². The first-order valence-electron chi connectivity index (χ1n) is 4.13. The number of Topliss-reactive ketones (excluding diaryl/α,β-unsaturated/α-hetero) is 1. The van der Waals surface area contributed by atoms with E-state index in [1.807, 2.05) is 0 Å². The number of nitrogens with zero attached hydrogens (tertiary/aromatic N) is 1. The monoisotopic (exact) mass is 234 g/mol. The lowest BCUT2D eigenvalue weighted by Gasteiger charge is -2.09. The van der Waals surface area contributed by atoms with E-state index in [4.69, 9.17) is 0 Å². The number of halogens is 3. The number of carbonyl (C=O) groups excluding carboxylic acids is 1. The fraction of sp³-hybridized carbons (Fsp3) is 0.375. The number of hydrogen-bond donors (Lipinski definition) is 1. The zero-order valence-corrected chi connectivity index (χ0v) is 8.13. The average Bonchev–Trinajstić information content (AvgIpc) is 2.44. The molecule has 1 aromatic rings. The summed E-state index contributed by atoms with van der Waals surface area (Å²) in [6.45, 7) is 0. The Morgan fingerprint density at radius 3 is 2.60 bits per heavy atom. The highest BCUT2D eigenvalue weighted by Gasteiger charge is 2.40. The van der Waals surface area contributed by atoms with Gasteiger partial charge in [0.05, 0.1) is 5.56 Å². The number of aromatic amines is 1. The summed E-state index contributed by atoms with van der Waals surface area (Å²) in [5.41, 5.74) is -1.27. The van der Waals surface area contributed by atoms with Gasteiger partial charge in [0.2, 0.25) is 0 Å². The summed E-state index contributed by atoms with van der Waals surface area (Å²) in [5.74, 6) is -0.531. The minimum Gasteiger partial charge on any atom is -0.334 e. The maximum absolute atomic E-state index is 12.5. The summed E-state index contributed by atoms with van der Waals surface area (Å²) < 4.78 is 37.3. The lowest BCUT2D eigenvalue weighted by Crippen LogP contribution is -2.15. The molecule has 7 heteroatoms. The number of nitrogens with one attached hydrogen (secondary N) is 1. The summed E-state index contributed by atoms with van der Waals surface area (Å²) in [5, 5.41) is 0. The predicted molar refractivity (Wildman–Crippen MR) is 47.1 cm³/mol. The second-order valence-corrected chi connectivity index (χ2v) is 3.55. The molecule has 15 heavy (non-hydrogen) atoms. The third-order valence-corrected chi connectivity index (χ3v) is 2.35. The largest absolute Gasteiger partial charge is 0.434 e. The molecule has 2 rings (SSSR count). The Morgan fingerprint density at radius 2 is 2.00 bits per heavy atom. The minimum atomic E-state index is -4.63. The predicted octanol–water partition coefficient (Wildman–Crippen LogP) is 2.29. The Bertz CT molecular complexity index is 492. The van der Waals surface area contributed by atoms with Crippen molar-refractivity contribution >= 4 is 18.0 Å². The van der Waals surface area contributed by atoms with Crippen molar-refractivity contribution in [3.8, 4) is 0 Å². The van der Waals surface area contributed by atoms with E-state index < -0.39 is 17.7 Å².